The van der Waals surface area contributed by atoms with Crippen LogP contribution >= 0.6 is 11.6 Å². The summed E-state index contributed by atoms with van der Waals surface area (Å²) in [7, 11) is 0. The number of nitrogens with one attached hydrogen (secondary N) is 2. The normalized spacial score (nSPS) is 25.9. The Hall–Kier alpha value is -2.12. The van der Waals surface area contributed by atoms with Crippen LogP contribution < -0.4 is 21.3 Å². The second-order valence-corrected chi connectivity index (χ2v) is 7.31. The summed E-state index contributed by atoms with van der Waals surface area (Å²) < 4.78 is 0. The quantitative estimate of drug-likeness (QED) is 0.681. The molecular formula is C18H23ClN4O3. The van der Waals surface area contributed by atoms with E-state index in [9.17, 15) is 14.4 Å². The summed E-state index contributed by atoms with van der Waals surface area (Å²) in [6.45, 7) is 0. The summed E-state index contributed by atoms with van der Waals surface area (Å²) in [5.74, 6) is -0.453. The highest BCUT2D eigenvalue weighted by Gasteiger charge is 2.39. The lowest BCUT2D eigenvalue weighted by Gasteiger charge is -2.26. The van der Waals surface area contributed by atoms with E-state index in [4.69, 9.17) is 17.3 Å². The van der Waals surface area contributed by atoms with E-state index in [0.717, 1.165) is 30.6 Å². The third-order valence-electron chi connectivity index (χ3n) is 4.90. The molecule has 1 saturated carbocycles. The zero-order valence-corrected chi connectivity index (χ0v) is 15.2. The fourth-order valence-electron chi connectivity index (χ4n) is 3.40. The summed E-state index contributed by atoms with van der Waals surface area (Å²) >= 11 is 5.84. The maximum Gasteiger partial charge on any atom is 0.329 e. The molecule has 2 aliphatic rings. The first kappa shape index (κ1) is 18.7. The minimum absolute atomic E-state index is 0.0996. The van der Waals surface area contributed by atoms with Gasteiger partial charge in [0, 0.05) is 23.5 Å². The lowest BCUT2D eigenvalue weighted by Crippen LogP contribution is -2.41. The predicted octanol–water partition coefficient (Wildman–Crippen LogP) is 1.93. The number of carbonyl (C=O) groups excluding carboxylic acids is 3. The Morgan fingerprint density at radius 3 is 2.50 bits per heavy atom. The van der Waals surface area contributed by atoms with Crippen LogP contribution in [0, 0.1) is 0 Å². The van der Waals surface area contributed by atoms with Crippen LogP contribution in [0.15, 0.2) is 24.3 Å². The van der Waals surface area contributed by atoms with Gasteiger partial charge in [0.05, 0.1) is 5.69 Å². The molecule has 1 heterocycles. The van der Waals surface area contributed by atoms with Crippen LogP contribution in [0.5, 0.6) is 0 Å². The molecule has 0 spiro atoms. The smallest absolute Gasteiger partial charge is 0.329 e. The van der Waals surface area contributed by atoms with Crippen molar-refractivity contribution in [3.63, 3.8) is 0 Å². The van der Waals surface area contributed by atoms with Gasteiger partial charge in [-0.3, -0.25) is 9.59 Å². The standard InChI is InChI=1S/C18H23ClN4O3/c19-11-1-7-14(8-2-11)23-17(25)15(22-18(23)26)9-10-16(24)21-13-5-3-12(20)4-6-13/h1-2,7-8,12-13,15H,3-6,9-10,20H2,(H,21,24)(H,22,26). The number of urea groups is 1. The highest BCUT2D eigenvalue weighted by Crippen LogP contribution is 2.23. The zero-order valence-electron chi connectivity index (χ0n) is 14.4. The van der Waals surface area contributed by atoms with Crippen LogP contribution in [-0.2, 0) is 9.59 Å². The van der Waals surface area contributed by atoms with E-state index in [2.05, 4.69) is 10.6 Å². The average Bonchev–Trinajstić information content (AvgIpc) is 2.90. The zero-order chi connectivity index (χ0) is 18.7. The number of hydrogen-bond donors (Lipinski definition) is 3. The van der Waals surface area contributed by atoms with Gasteiger partial charge >= 0.3 is 6.03 Å². The van der Waals surface area contributed by atoms with Crippen molar-refractivity contribution in [2.75, 3.05) is 4.90 Å². The molecule has 4 N–H and O–H groups in total. The molecule has 0 bridgehead atoms. The Labute approximate surface area is 157 Å². The van der Waals surface area contributed by atoms with Gasteiger partial charge < -0.3 is 16.4 Å². The third-order valence-corrected chi connectivity index (χ3v) is 5.15. The van der Waals surface area contributed by atoms with Crippen LogP contribution in [-0.4, -0.2) is 36.0 Å². The van der Waals surface area contributed by atoms with Crippen molar-refractivity contribution in [1.29, 1.82) is 0 Å². The molecule has 26 heavy (non-hydrogen) atoms. The van der Waals surface area contributed by atoms with E-state index in [1.54, 1.807) is 24.3 Å². The van der Waals surface area contributed by atoms with Crippen molar-refractivity contribution in [2.45, 2.75) is 56.7 Å². The van der Waals surface area contributed by atoms with Gasteiger partial charge in [-0.2, -0.15) is 0 Å². The molecule has 1 saturated heterocycles. The van der Waals surface area contributed by atoms with Crippen molar-refractivity contribution in [3.05, 3.63) is 29.3 Å². The van der Waals surface area contributed by atoms with Gasteiger partial charge in [0.1, 0.15) is 6.04 Å². The Morgan fingerprint density at radius 1 is 1.19 bits per heavy atom. The number of amides is 4. The number of hydrogen-bond acceptors (Lipinski definition) is 4. The van der Waals surface area contributed by atoms with E-state index in [0.29, 0.717) is 10.7 Å². The van der Waals surface area contributed by atoms with Crippen LogP contribution in [0.3, 0.4) is 0 Å². The van der Waals surface area contributed by atoms with Gasteiger partial charge in [0.15, 0.2) is 0 Å². The van der Waals surface area contributed by atoms with E-state index < -0.39 is 12.1 Å². The van der Waals surface area contributed by atoms with Crippen molar-refractivity contribution in [2.24, 2.45) is 5.73 Å². The Bertz CT molecular complexity index is 686. The van der Waals surface area contributed by atoms with Gasteiger partial charge in [-0.1, -0.05) is 11.6 Å². The maximum absolute atomic E-state index is 12.5. The fraction of sp³-hybridized carbons (Fsp3) is 0.500. The minimum Gasteiger partial charge on any atom is -0.353 e. The molecule has 3 rings (SSSR count). The lowest BCUT2D eigenvalue weighted by atomic mass is 9.91. The first-order valence-electron chi connectivity index (χ1n) is 8.89. The molecule has 1 aromatic carbocycles. The molecule has 0 radical (unpaired) electrons. The molecule has 0 aromatic heterocycles. The largest absolute Gasteiger partial charge is 0.353 e. The number of halogens is 1. The number of benzene rings is 1. The minimum atomic E-state index is -0.691. The molecule has 2 fully saturated rings. The number of anilines is 1. The first-order valence-corrected chi connectivity index (χ1v) is 9.27. The van der Waals surface area contributed by atoms with Crippen molar-refractivity contribution in [3.8, 4) is 0 Å². The molecular weight excluding hydrogens is 356 g/mol. The van der Waals surface area contributed by atoms with E-state index >= 15 is 0 Å². The molecule has 7 nitrogen and oxygen atoms in total. The summed E-state index contributed by atoms with van der Waals surface area (Å²) in [6.07, 6.45) is 4.06. The van der Waals surface area contributed by atoms with E-state index in [1.807, 2.05) is 0 Å². The number of nitrogens with two attached hydrogens (primary N) is 1. The van der Waals surface area contributed by atoms with Crippen molar-refractivity contribution in [1.82, 2.24) is 10.6 Å². The van der Waals surface area contributed by atoms with Crippen molar-refractivity contribution < 1.29 is 14.4 Å². The number of carbonyl (C=O) groups is 3. The van der Waals surface area contributed by atoms with Crippen LogP contribution in [0.2, 0.25) is 5.02 Å². The molecule has 1 unspecified atom stereocenters. The Morgan fingerprint density at radius 2 is 1.85 bits per heavy atom. The Kier molecular flexibility index (Phi) is 5.78. The molecule has 1 atom stereocenters. The summed E-state index contributed by atoms with van der Waals surface area (Å²) in [5.41, 5.74) is 6.32. The maximum atomic E-state index is 12.5. The Balaban J connectivity index is 1.51. The average molecular weight is 379 g/mol. The highest BCUT2D eigenvalue weighted by atomic mass is 35.5. The fourth-order valence-corrected chi connectivity index (χ4v) is 3.53. The summed E-state index contributed by atoms with van der Waals surface area (Å²) in [4.78, 5) is 37.8. The topological polar surface area (TPSA) is 105 Å². The number of imide groups is 1. The van der Waals surface area contributed by atoms with Crippen molar-refractivity contribution >= 4 is 35.1 Å². The lowest BCUT2D eigenvalue weighted by molar-refractivity contribution is -0.122. The summed E-state index contributed by atoms with van der Waals surface area (Å²) in [5, 5.41) is 6.16. The van der Waals surface area contributed by atoms with E-state index in [-0.39, 0.29) is 36.7 Å². The highest BCUT2D eigenvalue weighted by molar-refractivity contribution is 6.30. The SMILES string of the molecule is NC1CCC(NC(=O)CCC2NC(=O)N(c3ccc(Cl)cc3)C2=O)CC1. The second kappa shape index (κ2) is 8.05. The second-order valence-electron chi connectivity index (χ2n) is 6.87. The summed E-state index contributed by atoms with van der Waals surface area (Å²) in [6, 6.07) is 5.68. The van der Waals surface area contributed by atoms with Gasteiger partial charge in [-0.05, 0) is 56.4 Å². The monoisotopic (exact) mass is 378 g/mol. The van der Waals surface area contributed by atoms with Gasteiger partial charge in [-0.15, -0.1) is 0 Å². The van der Waals surface area contributed by atoms with Crippen LogP contribution in [0.1, 0.15) is 38.5 Å². The molecule has 1 aliphatic carbocycles. The van der Waals surface area contributed by atoms with E-state index in [1.165, 1.54) is 0 Å². The molecule has 1 aliphatic heterocycles. The van der Waals surface area contributed by atoms with Crippen LogP contribution in [0.4, 0.5) is 10.5 Å². The van der Waals surface area contributed by atoms with Crippen LogP contribution in [0.25, 0.3) is 0 Å². The van der Waals surface area contributed by atoms with Gasteiger partial charge in [0.25, 0.3) is 5.91 Å². The van der Waals surface area contributed by atoms with Gasteiger partial charge in [-0.25, -0.2) is 9.69 Å². The predicted molar refractivity (Wildman–Crippen MR) is 98.9 cm³/mol. The molecule has 1 aromatic rings. The molecule has 140 valence electrons. The molecule has 8 heteroatoms. The third kappa shape index (κ3) is 4.34. The van der Waals surface area contributed by atoms with Gasteiger partial charge in [0.2, 0.25) is 5.91 Å². The first-order chi connectivity index (χ1) is 12.4. The number of rotatable bonds is 5. The molecule has 4 amide bonds. The number of nitrogens with zero attached hydrogens (tertiary/aromatic N) is 1.